The van der Waals surface area contributed by atoms with Gasteiger partial charge in [-0.2, -0.15) is 0 Å². The molecule has 140 valence electrons. The highest BCUT2D eigenvalue weighted by Crippen LogP contribution is 2.29. The van der Waals surface area contributed by atoms with Crippen LogP contribution in [-0.2, 0) is 4.74 Å². The van der Waals surface area contributed by atoms with Gasteiger partial charge >= 0.3 is 6.09 Å². The molecule has 1 aliphatic carbocycles. The molecular weight excluding hydrogens is 333 g/mol. The molecule has 1 amide bonds. The Morgan fingerprint density at radius 1 is 1.16 bits per heavy atom. The Kier molecular flexibility index (Phi) is 6.19. The van der Waals surface area contributed by atoms with E-state index in [9.17, 15) is 18.0 Å². The van der Waals surface area contributed by atoms with E-state index in [0.717, 1.165) is 25.7 Å². The van der Waals surface area contributed by atoms with Gasteiger partial charge in [-0.25, -0.2) is 18.0 Å². The highest BCUT2D eigenvalue weighted by Gasteiger charge is 2.28. The molecule has 0 radical (unpaired) electrons. The molecule has 0 saturated heterocycles. The Bertz CT molecular complexity index is 594. The summed E-state index contributed by atoms with van der Waals surface area (Å²) in [6.45, 7) is 5.67. The van der Waals surface area contributed by atoms with Crippen molar-refractivity contribution in [2.75, 3.05) is 11.9 Å². The minimum absolute atomic E-state index is 0.00474. The molecule has 2 unspecified atom stereocenters. The number of nitrogens with one attached hydrogen (secondary N) is 2. The molecule has 2 atom stereocenters. The van der Waals surface area contributed by atoms with E-state index in [1.165, 1.54) is 0 Å². The smallest absolute Gasteiger partial charge is 0.407 e. The number of benzene rings is 1. The standard InChI is InChI=1S/C18H25F3N2O2/c1-18(2,3)25-17(24)22-10-11-6-4-5-7-15(11)23-16-13(20)8-12(19)9-14(16)21/h8-9,11,15,23H,4-7,10H2,1-3H3,(H,22,24). The van der Waals surface area contributed by atoms with Crippen LogP contribution in [0.4, 0.5) is 23.7 Å². The first kappa shape index (κ1) is 19.4. The molecule has 1 aliphatic rings. The lowest BCUT2D eigenvalue weighted by atomic mass is 9.84. The quantitative estimate of drug-likeness (QED) is 0.827. The van der Waals surface area contributed by atoms with Crippen molar-refractivity contribution in [2.24, 2.45) is 5.92 Å². The second-order valence-corrected chi connectivity index (χ2v) is 7.42. The van der Waals surface area contributed by atoms with Gasteiger partial charge in [0.2, 0.25) is 0 Å². The van der Waals surface area contributed by atoms with E-state index >= 15 is 0 Å². The predicted octanol–water partition coefficient (Wildman–Crippen LogP) is 4.60. The molecule has 1 aromatic rings. The summed E-state index contributed by atoms with van der Waals surface area (Å²) < 4.78 is 46.0. The van der Waals surface area contributed by atoms with E-state index in [0.29, 0.717) is 18.7 Å². The van der Waals surface area contributed by atoms with Crippen molar-refractivity contribution in [2.45, 2.75) is 58.1 Å². The monoisotopic (exact) mass is 358 g/mol. The Balaban J connectivity index is 2.00. The van der Waals surface area contributed by atoms with Crippen LogP contribution in [0, 0.1) is 23.4 Å². The van der Waals surface area contributed by atoms with Crippen LogP contribution in [-0.4, -0.2) is 24.3 Å². The molecule has 4 nitrogen and oxygen atoms in total. The predicted molar refractivity (Wildman–Crippen MR) is 89.9 cm³/mol. The average molecular weight is 358 g/mol. The Morgan fingerprint density at radius 3 is 2.36 bits per heavy atom. The molecule has 1 saturated carbocycles. The van der Waals surface area contributed by atoms with E-state index in [4.69, 9.17) is 4.74 Å². The normalized spacial score (nSPS) is 20.9. The summed E-state index contributed by atoms with van der Waals surface area (Å²) in [7, 11) is 0. The number of anilines is 1. The van der Waals surface area contributed by atoms with Crippen LogP contribution >= 0.6 is 0 Å². The van der Waals surface area contributed by atoms with Crippen LogP contribution in [0.15, 0.2) is 12.1 Å². The van der Waals surface area contributed by atoms with E-state index in [-0.39, 0.29) is 17.6 Å². The van der Waals surface area contributed by atoms with E-state index < -0.39 is 29.1 Å². The van der Waals surface area contributed by atoms with Crippen molar-refractivity contribution in [3.63, 3.8) is 0 Å². The van der Waals surface area contributed by atoms with Crippen LogP contribution < -0.4 is 10.6 Å². The van der Waals surface area contributed by atoms with Crippen LogP contribution in [0.3, 0.4) is 0 Å². The third-order valence-corrected chi connectivity index (χ3v) is 4.15. The maximum Gasteiger partial charge on any atom is 0.407 e. The molecule has 0 heterocycles. The topological polar surface area (TPSA) is 50.4 Å². The summed E-state index contributed by atoms with van der Waals surface area (Å²) in [5.74, 6) is -2.86. The molecule has 25 heavy (non-hydrogen) atoms. The van der Waals surface area contributed by atoms with Gasteiger partial charge in [0.1, 0.15) is 17.1 Å². The molecule has 7 heteroatoms. The van der Waals surface area contributed by atoms with Crippen molar-refractivity contribution < 1.29 is 22.7 Å². The van der Waals surface area contributed by atoms with Gasteiger partial charge in [0.15, 0.2) is 11.6 Å². The molecule has 2 N–H and O–H groups in total. The van der Waals surface area contributed by atoms with Gasteiger partial charge in [-0.1, -0.05) is 12.8 Å². The van der Waals surface area contributed by atoms with Crippen molar-refractivity contribution in [1.82, 2.24) is 5.32 Å². The summed E-state index contributed by atoms with van der Waals surface area (Å²) in [5.41, 5.74) is -0.912. The zero-order chi connectivity index (χ0) is 18.6. The van der Waals surface area contributed by atoms with E-state index in [1.807, 2.05) is 0 Å². The molecule has 0 bridgehead atoms. The first-order chi connectivity index (χ1) is 11.7. The highest BCUT2D eigenvalue weighted by molar-refractivity contribution is 5.67. The van der Waals surface area contributed by atoms with Gasteiger partial charge in [0.05, 0.1) is 0 Å². The minimum Gasteiger partial charge on any atom is -0.444 e. The van der Waals surface area contributed by atoms with Crippen LogP contribution in [0.5, 0.6) is 0 Å². The van der Waals surface area contributed by atoms with Crippen molar-refractivity contribution in [3.05, 3.63) is 29.6 Å². The van der Waals surface area contributed by atoms with Gasteiger partial charge in [0.25, 0.3) is 0 Å². The van der Waals surface area contributed by atoms with Crippen LogP contribution in [0.2, 0.25) is 0 Å². The molecule has 0 spiro atoms. The second kappa shape index (κ2) is 7.97. The van der Waals surface area contributed by atoms with E-state index in [1.54, 1.807) is 20.8 Å². The lowest BCUT2D eigenvalue weighted by Crippen LogP contribution is -2.42. The van der Waals surface area contributed by atoms with Crippen molar-refractivity contribution >= 4 is 11.8 Å². The lowest BCUT2D eigenvalue weighted by molar-refractivity contribution is 0.0514. The van der Waals surface area contributed by atoms with Crippen molar-refractivity contribution in [3.8, 4) is 0 Å². The molecule has 0 aromatic heterocycles. The zero-order valence-corrected chi connectivity index (χ0v) is 14.8. The third kappa shape index (κ3) is 5.83. The molecular formula is C18H25F3N2O2. The van der Waals surface area contributed by atoms with Gasteiger partial charge in [-0.05, 0) is 39.5 Å². The van der Waals surface area contributed by atoms with Gasteiger partial charge in [-0.3, -0.25) is 0 Å². The Hall–Kier alpha value is -1.92. The first-order valence-corrected chi connectivity index (χ1v) is 8.53. The number of rotatable bonds is 4. The lowest BCUT2D eigenvalue weighted by Gasteiger charge is -2.33. The third-order valence-electron chi connectivity index (χ3n) is 4.15. The number of carbonyl (C=O) groups is 1. The molecule has 2 rings (SSSR count). The summed E-state index contributed by atoms with van der Waals surface area (Å²) in [6, 6.07) is 1.10. The first-order valence-electron chi connectivity index (χ1n) is 8.53. The summed E-state index contributed by atoms with van der Waals surface area (Å²) >= 11 is 0. The molecule has 0 aliphatic heterocycles. The molecule has 1 fully saturated rings. The highest BCUT2D eigenvalue weighted by atomic mass is 19.1. The van der Waals surface area contributed by atoms with Crippen LogP contribution in [0.25, 0.3) is 0 Å². The van der Waals surface area contributed by atoms with Gasteiger partial charge < -0.3 is 15.4 Å². The number of hydrogen-bond acceptors (Lipinski definition) is 3. The number of hydrogen-bond donors (Lipinski definition) is 2. The van der Waals surface area contributed by atoms with Gasteiger partial charge in [-0.15, -0.1) is 0 Å². The summed E-state index contributed by atoms with van der Waals surface area (Å²) in [5, 5.41) is 5.57. The fourth-order valence-corrected chi connectivity index (χ4v) is 3.04. The Morgan fingerprint density at radius 2 is 1.76 bits per heavy atom. The number of carbonyl (C=O) groups excluding carboxylic acids is 1. The maximum atomic E-state index is 13.9. The van der Waals surface area contributed by atoms with E-state index in [2.05, 4.69) is 10.6 Å². The fraction of sp³-hybridized carbons (Fsp3) is 0.611. The number of alkyl carbamates (subject to hydrolysis) is 1. The average Bonchev–Trinajstić information content (AvgIpc) is 2.48. The maximum absolute atomic E-state index is 13.9. The van der Waals surface area contributed by atoms with Crippen molar-refractivity contribution in [1.29, 1.82) is 0 Å². The fourth-order valence-electron chi connectivity index (χ4n) is 3.04. The minimum atomic E-state index is -0.957. The number of ether oxygens (including phenoxy) is 1. The van der Waals surface area contributed by atoms with Crippen LogP contribution in [0.1, 0.15) is 46.5 Å². The number of amides is 1. The Labute approximate surface area is 146 Å². The summed E-state index contributed by atoms with van der Waals surface area (Å²) in [6.07, 6.45) is 2.92. The SMILES string of the molecule is CC(C)(C)OC(=O)NCC1CCCCC1Nc1c(F)cc(F)cc1F. The number of halogens is 3. The zero-order valence-electron chi connectivity index (χ0n) is 14.8. The largest absolute Gasteiger partial charge is 0.444 e. The molecule has 1 aromatic carbocycles. The van der Waals surface area contributed by atoms with Gasteiger partial charge in [0, 0.05) is 24.7 Å². The second-order valence-electron chi connectivity index (χ2n) is 7.42. The summed E-state index contributed by atoms with van der Waals surface area (Å²) in [4.78, 5) is 11.8.